The zero-order valence-corrected chi connectivity index (χ0v) is 13.4. The van der Waals surface area contributed by atoms with E-state index in [1.165, 1.54) is 12.4 Å². The molecule has 2 aromatic rings. The van der Waals surface area contributed by atoms with Crippen LogP contribution in [0.3, 0.4) is 0 Å². The first-order valence-electron chi connectivity index (χ1n) is 7.47. The molecule has 6 nitrogen and oxygen atoms in total. The molecular weight excluding hydrogens is 300 g/mol. The van der Waals surface area contributed by atoms with Crippen molar-refractivity contribution in [1.29, 1.82) is 0 Å². The van der Waals surface area contributed by atoms with Crippen LogP contribution in [0.1, 0.15) is 24.2 Å². The number of sulfonamides is 1. The van der Waals surface area contributed by atoms with Crippen molar-refractivity contribution < 1.29 is 8.42 Å². The lowest BCUT2D eigenvalue weighted by Crippen LogP contribution is -2.40. The van der Waals surface area contributed by atoms with Crippen LogP contribution in [0.4, 0.5) is 0 Å². The second-order valence-corrected chi connectivity index (χ2v) is 7.72. The fourth-order valence-electron chi connectivity index (χ4n) is 2.95. The molecule has 0 bridgehead atoms. The highest BCUT2D eigenvalue weighted by atomic mass is 32.2. The van der Waals surface area contributed by atoms with Gasteiger partial charge in [0.15, 0.2) is 0 Å². The Balaban J connectivity index is 1.72. The Kier molecular flexibility index (Phi) is 4.26. The molecule has 1 aliphatic rings. The van der Waals surface area contributed by atoms with Crippen LogP contribution in [0.5, 0.6) is 0 Å². The van der Waals surface area contributed by atoms with E-state index in [2.05, 4.69) is 15.2 Å². The third-order valence-corrected chi connectivity index (χ3v) is 5.87. The second-order valence-electron chi connectivity index (χ2n) is 5.78. The number of H-pyrrole nitrogens is 1. The monoisotopic (exact) mass is 320 g/mol. The molecule has 0 radical (unpaired) electrons. The number of pyridine rings is 1. The molecule has 0 unspecified atom stereocenters. The van der Waals surface area contributed by atoms with Crippen molar-refractivity contribution in [1.82, 2.24) is 19.5 Å². The van der Waals surface area contributed by atoms with Gasteiger partial charge in [-0.05, 0) is 44.2 Å². The highest BCUT2D eigenvalue weighted by Crippen LogP contribution is 2.25. The topological polar surface area (TPSA) is 79.0 Å². The molecule has 1 aliphatic heterocycles. The van der Waals surface area contributed by atoms with Crippen LogP contribution in [0.2, 0.25) is 0 Å². The molecule has 2 aromatic heterocycles. The van der Waals surface area contributed by atoms with Gasteiger partial charge in [-0.1, -0.05) is 6.07 Å². The standard InChI is InChI=1S/C15H20N4O2S/c1-12-4-2-6-14(18-12)8-13-5-3-7-19(11-13)22(20,21)15-9-16-17-10-15/h2,4,6,9-10,13H,3,5,7-8,11H2,1H3,(H,16,17)/t13-/m1/s1. The molecule has 1 saturated heterocycles. The summed E-state index contributed by atoms with van der Waals surface area (Å²) >= 11 is 0. The summed E-state index contributed by atoms with van der Waals surface area (Å²) in [4.78, 5) is 4.76. The predicted molar refractivity (Wildman–Crippen MR) is 82.7 cm³/mol. The lowest BCUT2D eigenvalue weighted by molar-refractivity contribution is 0.264. The summed E-state index contributed by atoms with van der Waals surface area (Å²) in [5.41, 5.74) is 2.03. The largest absolute Gasteiger partial charge is 0.284 e. The maximum atomic E-state index is 12.6. The Labute approximate surface area is 130 Å². The van der Waals surface area contributed by atoms with Gasteiger partial charge in [-0.2, -0.15) is 9.40 Å². The van der Waals surface area contributed by atoms with E-state index in [0.29, 0.717) is 19.0 Å². The highest BCUT2D eigenvalue weighted by molar-refractivity contribution is 7.89. The maximum absolute atomic E-state index is 12.6. The zero-order valence-electron chi connectivity index (χ0n) is 12.6. The van der Waals surface area contributed by atoms with Crippen molar-refractivity contribution in [2.75, 3.05) is 13.1 Å². The van der Waals surface area contributed by atoms with Gasteiger partial charge in [0.25, 0.3) is 0 Å². The molecule has 0 aromatic carbocycles. The fraction of sp³-hybridized carbons (Fsp3) is 0.467. The van der Waals surface area contributed by atoms with Gasteiger partial charge in [0.2, 0.25) is 10.0 Å². The van der Waals surface area contributed by atoms with E-state index in [1.54, 1.807) is 4.31 Å². The molecule has 0 saturated carbocycles. The molecule has 118 valence electrons. The van der Waals surface area contributed by atoms with Crippen LogP contribution in [-0.4, -0.2) is 41.0 Å². The van der Waals surface area contributed by atoms with E-state index < -0.39 is 10.0 Å². The number of aromatic nitrogens is 3. The van der Waals surface area contributed by atoms with Gasteiger partial charge >= 0.3 is 0 Å². The van der Waals surface area contributed by atoms with Gasteiger partial charge in [0.05, 0.1) is 6.20 Å². The molecule has 3 heterocycles. The summed E-state index contributed by atoms with van der Waals surface area (Å²) in [6.07, 6.45) is 5.53. The molecule has 7 heteroatoms. The quantitative estimate of drug-likeness (QED) is 0.931. The van der Waals surface area contributed by atoms with Gasteiger partial charge in [-0.25, -0.2) is 8.42 Å². The third-order valence-electron chi connectivity index (χ3n) is 4.04. The van der Waals surface area contributed by atoms with Gasteiger partial charge in [-0.3, -0.25) is 10.1 Å². The van der Waals surface area contributed by atoms with Gasteiger partial charge in [-0.15, -0.1) is 0 Å². The molecule has 0 amide bonds. The average molecular weight is 320 g/mol. The van der Waals surface area contributed by atoms with E-state index in [0.717, 1.165) is 30.7 Å². The van der Waals surface area contributed by atoms with Crippen molar-refractivity contribution in [3.05, 3.63) is 42.0 Å². The Morgan fingerprint density at radius 1 is 1.41 bits per heavy atom. The fourth-order valence-corrected chi connectivity index (χ4v) is 4.41. The van der Waals surface area contributed by atoms with E-state index in [9.17, 15) is 8.42 Å². The Bertz CT molecular complexity index is 728. The average Bonchev–Trinajstić information content (AvgIpc) is 3.02. The summed E-state index contributed by atoms with van der Waals surface area (Å²) in [5, 5.41) is 6.31. The summed E-state index contributed by atoms with van der Waals surface area (Å²) in [6, 6.07) is 5.98. The number of aromatic amines is 1. The summed E-state index contributed by atoms with van der Waals surface area (Å²) < 4.78 is 26.7. The normalized spacial score (nSPS) is 20.1. The number of rotatable bonds is 4. The van der Waals surface area contributed by atoms with E-state index in [4.69, 9.17) is 0 Å². The molecule has 1 atom stereocenters. The number of hydrogen-bond acceptors (Lipinski definition) is 4. The second kappa shape index (κ2) is 6.18. The van der Waals surface area contributed by atoms with Gasteiger partial charge < -0.3 is 0 Å². The number of nitrogens with one attached hydrogen (secondary N) is 1. The summed E-state index contributed by atoms with van der Waals surface area (Å²) in [5.74, 6) is 0.310. The lowest BCUT2D eigenvalue weighted by atomic mass is 9.94. The van der Waals surface area contributed by atoms with Crippen molar-refractivity contribution >= 4 is 10.0 Å². The zero-order chi connectivity index (χ0) is 15.6. The van der Waals surface area contributed by atoms with Gasteiger partial charge in [0, 0.05) is 30.7 Å². The van der Waals surface area contributed by atoms with Crippen LogP contribution in [0.25, 0.3) is 0 Å². The number of nitrogens with zero attached hydrogens (tertiary/aromatic N) is 3. The maximum Gasteiger partial charge on any atom is 0.246 e. The molecule has 22 heavy (non-hydrogen) atoms. The summed E-state index contributed by atoms with van der Waals surface area (Å²) in [7, 11) is -3.43. The van der Waals surface area contributed by atoms with Crippen LogP contribution >= 0.6 is 0 Å². The molecule has 3 rings (SSSR count). The van der Waals surface area contributed by atoms with Crippen LogP contribution in [-0.2, 0) is 16.4 Å². The van der Waals surface area contributed by atoms with E-state index in [-0.39, 0.29) is 4.90 Å². The van der Waals surface area contributed by atoms with Crippen molar-refractivity contribution in [3.8, 4) is 0 Å². The Morgan fingerprint density at radius 2 is 2.27 bits per heavy atom. The van der Waals surface area contributed by atoms with E-state index >= 15 is 0 Å². The van der Waals surface area contributed by atoms with Crippen molar-refractivity contribution in [3.63, 3.8) is 0 Å². The number of aryl methyl sites for hydroxylation is 1. The number of hydrogen-bond donors (Lipinski definition) is 1. The molecule has 0 aliphatic carbocycles. The van der Waals surface area contributed by atoms with Crippen LogP contribution in [0, 0.1) is 12.8 Å². The Morgan fingerprint density at radius 3 is 3.00 bits per heavy atom. The van der Waals surface area contributed by atoms with E-state index in [1.807, 2.05) is 25.1 Å². The number of piperidine rings is 1. The molecular formula is C15H20N4O2S. The molecule has 1 fully saturated rings. The van der Waals surface area contributed by atoms with Crippen molar-refractivity contribution in [2.45, 2.75) is 31.1 Å². The molecule has 1 N–H and O–H groups in total. The first-order valence-corrected chi connectivity index (χ1v) is 8.91. The third kappa shape index (κ3) is 3.20. The van der Waals surface area contributed by atoms with Crippen LogP contribution in [0.15, 0.2) is 35.5 Å². The lowest BCUT2D eigenvalue weighted by Gasteiger charge is -2.31. The minimum Gasteiger partial charge on any atom is -0.284 e. The minimum absolute atomic E-state index is 0.238. The molecule has 0 spiro atoms. The Hall–Kier alpha value is -1.73. The first-order chi connectivity index (χ1) is 10.6. The minimum atomic E-state index is -3.43. The van der Waals surface area contributed by atoms with Crippen molar-refractivity contribution in [2.24, 2.45) is 5.92 Å². The highest BCUT2D eigenvalue weighted by Gasteiger charge is 2.30. The van der Waals surface area contributed by atoms with Crippen LogP contribution < -0.4 is 0 Å². The SMILES string of the molecule is Cc1cccc(C[C@H]2CCCN(S(=O)(=O)c3cn[nH]c3)C2)n1. The first kappa shape index (κ1) is 15.2. The predicted octanol–water partition coefficient (Wildman–Crippen LogP) is 1.76. The summed E-state index contributed by atoms with van der Waals surface area (Å²) in [6.45, 7) is 3.09. The van der Waals surface area contributed by atoms with Gasteiger partial charge in [0.1, 0.15) is 4.90 Å². The smallest absolute Gasteiger partial charge is 0.246 e.